The van der Waals surface area contributed by atoms with E-state index in [1.54, 1.807) is 0 Å². The second-order valence-corrected chi connectivity index (χ2v) is 4.93. The molecule has 104 valence electrons. The molecule has 5 nitrogen and oxygen atoms in total. The second-order valence-electron chi connectivity index (χ2n) is 4.93. The van der Waals surface area contributed by atoms with Crippen molar-refractivity contribution in [3.8, 4) is 0 Å². The molecule has 0 spiro atoms. The van der Waals surface area contributed by atoms with Crippen LogP contribution < -0.4 is 10.2 Å². The number of hydrogen-bond acceptors (Lipinski definition) is 4. The number of carbonyl (C=O) groups excluding carboxylic acids is 1. The van der Waals surface area contributed by atoms with E-state index in [9.17, 15) is 4.79 Å². The van der Waals surface area contributed by atoms with Crippen molar-refractivity contribution < 1.29 is 9.53 Å². The number of rotatable bonds is 4. The molecule has 0 aromatic heterocycles. The Morgan fingerprint density at radius 3 is 2.47 bits per heavy atom. The quantitative estimate of drug-likeness (QED) is 0.881. The zero-order valence-electron chi connectivity index (χ0n) is 11.6. The minimum atomic E-state index is 0.00382. The summed E-state index contributed by atoms with van der Waals surface area (Å²) in [5, 5.41) is 2.88. The molecule has 0 aliphatic carbocycles. The molecular weight excluding hydrogens is 242 g/mol. The molecule has 1 aromatic rings. The highest BCUT2D eigenvalue weighted by atomic mass is 16.5. The van der Waals surface area contributed by atoms with Gasteiger partial charge in [0.1, 0.15) is 0 Å². The minimum Gasteiger partial charge on any atom is -0.378 e. The fourth-order valence-corrected chi connectivity index (χ4v) is 2.06. The van der Waals surface area contributed by atoms with Crippen LogP contribution in [0.5, 0.6) is 0 Å². The summed E-state index contributed by atoms with van der Waals surface area (Å²) in [5.41, 5.74) is 2.01. The Morgan fingerprint density at radius 1 is 1.26 bits per heavy atom. The summed E-state index contributed by atoms with van der Waals surface area (Å²) >= 11 is 0. The predicted octanol–water partition coefficient (Wildman–Crippen LogP) is 1.02. The Hall–Kier alpha value is -1.59. The highest BCUT2D eigenvalue weighted by Crippen LogP contribution is 2.18. The molecule has 1 aliphatic heterocycles. The van der Waals surface area contributed by atoms with Crippen molar-refractivity contribution >= 4 is 17.3 Å². The Morgan fingerprint density at radius 2 is 1.89 bits per heavy atom. The highest BCUT2D eigenvalue weighted by molar-refractivity contribution is 5.92. The molecule has 19 heavy (non-hydrogen) atoms. The third-order valence-corrected chi connectivity index (χ3v) is 2.99. The molecule has 1 saturated heterocycles. The summed E-state index contributed by atoms with van der Waals surface area (Å²) in [5.74, 6) is 0.00382. The molecule has 0 radical (unpaired) electrons. The van der Waals surface area contributed by atoms with Crippen LogP contribution in [0.1, 0.15) is 0 Å². The standard InChI is InChI=1S/C14H21N3O2/c1-16(2)11-14(18)15-12-3-5-13(6-4-12)17-7-9-19-10-8-17/h3-6H,7-11H2,1-2H3,(H,15,18). The number of nitrogens with one attached hydrogen (secondary N) is 1. The van der Waals surface area contributed by atoms with Crippen LogP contribution in [0.15, 0.2) is 24.3 Å². The maximum atomic E-state index is 11.6. The average Bonchev–Trinajstić information content (AvgIpc) is 2.39. The molecule has 1 aliphatic rings. The fraction of sp³-hybridized carbons (Fsp3) is 0.500. The van der Waals surface area contributed by atoms with Crippen LogP contribution in [-0.2, 0) is 9.53 Å². The number of likely N-dealkylation sites (N-methyl/N-ethyl adjacent to an activating group) is 1. The summed E-state index contributed by atoms with van der Waals surface area (Å²) in [6, 6.07) is 7.96. The molecule has 1 fully saturated rings. The van der Waals surface area contributed by atoms with Crippen molar-refractivity contribution in [3.63, 3.8) is 0 Å². The van der Waals surface area contributed by atoms with Gasteiger partial charge in [0.25, 0.3) is 0 Å². The van der Waals surface area contributed by atoms with E-state index in [0.717, 1.165) is 32.0 Å². The summed E-state index contributed by atoms with van der Waals surface area (Å²) in [7, 11) is 3.75. The number of benzene rings is 1. The van der Waals surface area contributed by atoms with Gasteiger partial charge in [-0.05, 0) is 38.4 Å². The molecule has 1 heterocycles. The molecule has 0 bridgehead atoms. The molecule has 0 saturated carbocycles. The first kappa shape index (κ1) is 13.8. The largest absolute Gasteiger partial charge is 0.378 e. The van der Waals surface area contributed by atoms with Crippen LogP contribution in [0.3, 0.4) is 0 Å². The number of anilines is 2. The first-order valence-electron chi connectivity index (χ1n) is 6.52. The first-order valence-corrected chi connectivity index (χ1v) is 6.52. The van der Waals surface area contributed by atoms with Gasteiger partial charge in [0.05, 0.1) is 19.8 Å². The van der Waals surface area contributed by atoms with E-state index in [0.29, 0.717) is 6.54 Å². The van der Waals surface area contributed by atoms with Crippen LogP contribution >= 0.6 is 0 Å². The zero-order valence-corrected chi connectivity index (χ0v) is 11.6. The van der Waals surface area contributed by atoms with Gasteiger partial charge in [0, 0.05) is 24.5 Å². The van der Waals surface area contributed by atoms with Crippen LogP contribution in [0, 0.1) is 0 Å². The van der Waals surface area contributed by atoms with E-state index in [2.05, 4.69) is 10.2 Å². The monoisotopic (exact) mass is 263 g/mol. The van der Waals surface area contributed by atoms with Gasteiger partial charge in [-0.25, -0.2) is 0 Å². The van der Waals surface area contributed by atoms with Gasteiger partial charge in [0.2, 0.25) is 5.91 Å². The molecule has 0 unspecified atom stereocenters. The predicted molar refractivity (Wildman–Crippen MR) is 76.7 cm³/mol. The number of ether oxygens (including phenoxy) is 1. The van der Waals surface area contributed by atoms with Crippen LogP contribution in [0.25, 0.3) is 0 Å². The van der Waals surface area contributed by atoms with E-state index >= 15 is 0 Å². The Balaban J connectivity index is 1.92. The van der Waals surface area contributed by atoms with Crippen molar-refractivity contribution in [2.24, 2.45) is 0 Å². The zero-order chi connectivity index (χ0) is 13.7. The van der Waals surface area contributed by atoms with Gasteiger partial charge in [-0.15, -0.1) is 0 Å². The van der Waals surface area contributed by atoms with E-state index in [-0.39, 0.29) is 5.91 Å². The number of carbonyl (C=O) groups is 1. The summed E-state index contributed by atoms with van der Waals surface area (Å²) in [6.07, 6.45) is 0. The molecule has 1 aromatic carbocycles. The smallest absolute Gasteiger partial charge is 0.238 e. The molecule has 1 N–H and O–H groups in total. The lowest BCUT2D eigenvalue weighted by Gasteiger charge is -2.28. The van der Waals surface area contributed by atoms with E-state index in [4.69, 9.17) is 4.74 Å². The van der Waals surface area contributed by atoms with Gasteiger partial charge in [-0.3, -0.25) is 4.79 Å². The van der Waals surface area contributed by atoms with Crippen molar-refractivity contribution in [1.82, 2.24) is 4.90 Å². The lowest BCUT2D eigenvalue weighted by atomic mass is 10.2. The number of morpholine rings is 1. The Bertz CT molecular complexity index is 411. The van der Waals surface area contributed by atoms with Gasteiger partial charge < -0.3 is 19.9 Å². The van der Waals surface area contributed by atoms with E-state index < -0.39 is 0 Å². The highest BCUT2D eigenvalue weighted by Gasteiger charge is 2.11. The summed E-state index contributed by atoms with van der Waals surface area (Å²) in [6.45, 7) is 3.80. The van der Waals surface area contributed by atoms with Gasteiger partial charge in [0.15, 0.2) is 0 Å². The van der Waals surface area contributed by atoms with E-state index in [1.807, 2.05) is 43.3 Å². The molecule has 5 heteroatoms. The number of amides is 1. The lowest BCUT2D eigenvalue weighted by molar-refractivity contribution is -0.116. The summed E-state index contributed by atoms with van der Waals surface area (Å²) in [4.78, 5) is 15.8. The molecule has 2 rings (SSSR count). The normalized spacial score (nSPS) is 15.6. The second kappa shape index (κ2) is 6.54. The SMILES string of the molecule is CN(C)CC(=O)Nc1ccc(N2CCOCC2)cc1. The fourth-order valence-electron chi connectivity index (χ4n) is 2.06. The van der Waals surface area contributed by atoms with Crippen LogP contribution in [0.4, 0.5) is 11.4 Å². The molecule has 0 atom stereocenters. The van der Waals surface area contributed by atoms with Crippen LogP contribution in [0.2, 0.25) is 0 Å². The van der Waals surface area contributed by atoms with Crippen molar-refractivity contribution in [3.05, 3.63) is 24.3 Å². The minimum absolute atomic E-state index is 0.00382. The average molecular weight is 263 g/mol. The van der Waals surface area contributed by atoms with Gasteiger partial charge >= 0.3 is 0 Å². The lowest BCUT2D eigenvalue weighted by Crippen LogP contribution is -2.36. The summed E-state index contributed by atoms with van der Waals surface area (Å²) < 4.78 is 5.33. The Kier molecular flexibility index (Phi) is 4.76. The molecular formula is C14H21N3O2. The van der Waals surface area contributed by atoms with Crippen molar-refractivity contribution in [2.45, 2.75) is 0 Å². The third-order valence-electron chi connectivity index (χ3n) is 2.99. The third kappa shape index (κ3) is 4.22. The maximum Gasteiger partial charge on any atom is 0.238 e. The molecule has 1 amide bonds. The van der Waals surface area contributed by atoms with Crippen LogP contribution in [-0.4, -0.2) is 57.8 Å². The van der Waals surface area contributed by atoms with Crippen molar-refractivity contribution in [1.29, 1.82) is 0 Å². The first-order chi connectivity index (χ1) is 9.15. The van der Waals surface area contributed by atoms with Crippen molar-refractivity contribution in [2.75, 3.05) is 57.2 Å². The maximum absolute atomic E-state index is 11.6. The van der Waals surface area contributed by atoms with Gasteiger partial charge in [-0.1, -0.05) is 0 Å². The number of nitrogens with zero attached hydrogens (tertiary/aromatic N) is 2. The van der Waals surface area contributed by atoms with E-state index in [1.165, 1.54) is 5.69 Å². The number of hydrogen-bond donors (Lipinski definition) is 1. The topological polar surface area (TPSA) is 44.8 Å². The Labute approximate surface area is 114 Å². The van der Waals surface area contributed by atoms with Gasteiger partial charge in [-0.2, -0.15) is 0 Å².